The molecule has 0 fully saturated rings. The number of carbonyl (C=O) groups is 1. The van der Waals surface area contributed by atoms with E-state index in [0.29, 0.717) is 30.2 Å². The van der Waals surface area contributed by atoms with E-state index in [2.05, 4.69) is 46.5 Å². The van der Waals surface area contributed by atoms with Gasteiger partial charge in [0.05, 0.1) is 17.8 Å². The minimum atomic E-state index is -0.145. The molecule has 0 aliphatic heterocycles. The van der Waals surface area contributed by atoms with Crippen molar-refractivity contribution in [3.63, 3.8) is 0 Å². The topological polar surface area (TPSA) is 60.5 Å². The smallest absolute Gasteiger partial charge is 0.251 e. The highest BCUT2D eigenvalue weighted by Gasteiger charge is 2.11. The first-order chi connectivity index (χ1) is 14.1. The molecular formula is C23H24N2O3S. The molecule has 2 aromatic carbocycles. The van der Waals surface area contributed by atoms with Gasteiger partial charge < -0.3 is 14.8 Å². The minimum absolute atomic E-state index is 0.145. The largest absolute Gasteiger partial charge is 0.493 e. The molecule has 0 atom stereocenters. The number of ether oxygens (including phenoxy) is 2. The van der Waals surface area contributed by atoms with E-state index in [4.69, 9.17) is 9.47 Å². The molecule has 29 heavy (non-hydrogen) atoms. The number of methoxy groups -OCH3 is 1. The molecule has 0 spiro atoms. The molecule has 150 valence electrons. The second-order valence-corrected chi connectivity index (χ2v) is 7.48. The maximum Gasteiger partial charge on any atom is 0.251 e. The van der Waals surface area contributed by atoms with Crippen LogP contribution in [0, 0.1) is 6.92 Å². The van der Waals surface area contributed by atoms with Gasteiger partial charge in [0.1, 0.15) is 6.61 Å². The van der Waals surface area contributed by atoms with Crippen molar-refractivity contribution in [3.8, 4) is 22.8 Å². The van der Waals surface area contributed by atoms with Crippen LogP contribution in [0.4, 0.5) is 0 Å². The zero-order chi connectivity index (χ0) is 20.6. The van der Waals surface area contributed by atoms with Gasteiger partial charge in [-0.05, 0) is 37.1 Å². The number of aromatic nitrogens is 1. The number of amides is 1. The molecule has 1 amide bonds. The summed E-state index contributed by atoms with van der Waals surface area (Å²) in [4.78, 5) is 16.9. The maximum absolute atomic E-state index is 12.4. The fourth-order valence-electron chi connectivity index (χ4n) is 2.84. The number of hydrogen-bond donors (Lipinski definition) is 1. The summed E-state index contributed by atoms with van der Waals surface area (Å²) in [6, 6.07) is 13.4. The van der Waals surface area contributed by atoms with Crippen molar-refractivity contribution >= 4 is 17.2 Å². The highest BCUT2D eigenvalue weighted by atomic mass is 32.1. The Labute approximate surface area is 175 Å². The lowest BCUT2D eigenvalue weighted by molar-refractivity contribution is 0.0953. The van der Waals surface area contributed by atoms with E-state index in [0.717, 1.165) is 28.2 Å². The monoisotopic (exact) mass is 408 g/mol. The van der Waals surface area contributed by atoms with Gasteiger partial charge in [0, 0.05) is 23.1 Å². The number of aryl methyl sites for hydroxylation is 1. The third-order valence-corrected chi connectivity index (χ3v) is 5.12. The quantitative estimate of drug-likeness (QED) is 0.523. The van der Waals surface area contributed by atoms with E-state index in [9.17, 15) is 4.79 Å². The number of hydrogen-bond acceptors (Lipinski definition) is 5. The zero-order valence-corrected chi connectivity index (χ0v) is 17.4. The van der Waals surface area contributed by atoms with Crippen LogP contribution in [0.5, 0.6) is 11.5 Å². The van der Waals surface area contributed by atoms with Crippen LogP contribution < -0.4 is 14.8 Å². The van der Waals surface area contributed by atoms with Crippen molar-refractivity contribution in [2.45, 2.75) is 13.3 Å². The molecule has 3 aromatic rings. The lowest BCUT2D eigenvalue weighted by Crippen LogP contribution is -2.25. The summed E-state index contributed by atoms with van der Waals surface area (Å²) in [5, 5.41) is 6.07. The molecule has 0 aliphatic carbocycles. The average molecular weight is 409 g/mol. The van der Waals surface area contributed by atoms with Crippen LogP contribution >= 0.6 is 11.3 Å². The van der Waals surface area contributed by atoms with Crippen molar-refractivity contribution in [1.82, 2.24) is 10.3 Å². The Morgan fingerprint density at radius 3 is 2.66 bits per heavy atom. The predicted molar refractivity (Wildman–Crippen MR) is 117 cm³/mol. The van der Waals surface area contributed by atoms with E-state index in [1.54, 1.807) is 42.7 Å². The number of thiazole rings is 1. The third kappa shape index (κ3) is 5.45. The van der Waals surface area contributed by atoms with Gasteiger partial charge in [-0.2, -0.15) is 0 Å². The molecule has 1 N–H and O–H groups in total. The highest BCUT2D eigenvalue weighted by Crippen LogP contribution is 2.28. The molecular weight excluding hydrogens is 384 g/mol. The van der Waals surface area contributed by atoms with E-state index in [-0.39, 0.29) is 5.91 Å². The summed E-state index contributed by atoms with van der Waals surface area (Å²) in [6.07, 6.45) is 2.41. The lowest BCUT2D eigenvalue weighted by atomic mass is 10.1. The first-order valence-corrected chi connectivity index (χ1v) is 10.2. The fourth-order valence-corrected chi connectivity index (χ4v) is 3.46. The number of benzene rings is 2. The molecule has 1 aromatic heterocycles. The Morgan fingerprint density at radius 2 is 2.00 bits per heavy atom. The van der Waals surface area contributed by atoms with Gasteiger partial charge in [-0.1, -0.05) is 36.9 Å². The first kappa shape index (κ1) is 20.6. The SMILES string of the molecule is C=CCOc1ccc(C(=O)NCCc2ccc(-c3csc(C)n3)cc2)cc1OC. The second kappa shape index (κ2) is 9.89. The zero-order valence-electron chi connectivity index (χ0n) is 16.6. The van der Waals surface area contributed by atoms with Gasteiger partial charge >= 0.3 is 0 Å². The summed E-state index contributed by atoms with van der Waals surface area (Å²) < 4.78 is 10.8. The average Bonchev–Trinajstić information content (AvgIpc) is 3.18. The molecule has 0 aliphatic rings. The number of nitrogens with zero attached hydrogens (tertiary/aromatic N) is 1. The van der Waals surface area contributed by atoms with E-state index >= 15 is 0 Å². The Bertz CT molecular complexity index is 980. The van der Waals surface area contributed by atoms with Gasteiger partial charge in [-0.25, -0.2) is 4.98 Å². The highest BCUT2D eigenvalue weighted by molar-refractivity contribution is 7.09. The molecule has 0 saturated carbocycles. The van der Waals surface area contributed by atoms with Crippen LogP contribution in [0.3, 0.4) is 0 Å². The van der Waals surface area contributed by atoms with Crippen molar-refractivity contribution in [2.75, 3.05) is 20.3 Å². The van der Waals surface area contributed by atoms with Crippen molar-refractivity contribution in [2.24, 2.45) is 0 Å². The van der Waals surface area contributed by atoms with Crippen molar-refractivity contribution in [3.05, 3.63) is 76.6 Å². The molecule has 5 nitrogen and oxygen atoms in total. The molecule has 0 radical (unpaired) electrons. The number of rotatable bonds is 9. The maximum atomic E-state index is 12.4. The standard InChI is InChI=1S/C23H24N2O3S/c1-4-13-28-21-10-9-19(14-22(21)27-3)23(26)24-12-11-17-5-7-18(8-6-17)20-15-29-16(2)25-20/h4-10,14-15H,1,11-13H2,2-3H3,(H,24,26). The van der Waals surface area contributed by atoms with Crippen LogP contribution in [0.2, 0.25) is 0 Å². The minimum Gasteiger partial charge on any atom is -0.493 e. The molecule has 1 heterocycles. The van der Waals surface area contributed by atoms with E-state index in [1.165, 1.54) is 0 Å². The van der Waals surface area contributed by atoms with Crippen LogP contribution in [-0.2, 0) is 6.42 Å². The Balaban J connectivity index is 1.54. The Hall–Kier alpha value is -3.12. The molecule has 0 unspecified atom stereocenters. The molecule has 6 heteroatoms. The van der Waals surface area contributed by atoms with Crippen LogP contribution in [0.1, 0.15) is 20.9 Å². The molecule has 3 rings (SSSR count). The summed E-state index contributed by atoms with van der Waals surface area (Å²) >= 11 is 1.65. The van der Waals surface area contributed by atoms with Gasteiger partial charge in [0.15, 0.2) is 11.5 Å². The van der Waals surface area contributed by atoms with E-state index < -0.39 is 0 Å². The Kier molecular flexibility index (Phi) is 7.03. The molecule has 0 saturated heterocycles. The Morgan fingerprint density at radius 1 is 1.21 bits per heavy atom. The summed E-state index contributed by atoms with van der Waals surface area (Å²) in [7, 11) is 1.55. The van der Waals surface area contributed by atoms with Crippen LogP contribution in [0.25, 0.3) is 11.3 Å². The second-order valence-electron chi connectivity index (χ2n) is 6.42. The number of carbonyl (C=O) groups excluding carboxylic acids is 1. The third-order valence-electron chi connectivity index (χ3n) is 4.35. The van der Waals surface area contributed by atoms with Crippen LogP contribution in [0.15, 0.2) is 60.5 Å². The summed E-state index contributed by atoms with van der Waals surface area (Å²) in [6.45, 7) is 6.55. The fraction of sp³-hybridized carbons (Fsp3) is 0.217. The van der Waals surface area contributed by atoms with Gasteiger partial charge in [0.25, 0.3) is 5.91 Å². The van der Waals surface area contributed by atoms with Gasteiger partial charge in [0.2, 0.25) is 0 Å². The van der Waals surface area contributed by atoms with E-state index in [1.807, 2.05) is 6.92 Å². The normalized spacial score (nSPS) is 10.4. The lowest BCUT2D eigenvalue weighted by Gasteiger charge is -2.11. The van der Waals surface area contributed by atoms with Gasteiger partial charge in [-0.15, -0.1) is 11.3 Å². The summed E-state index contributed by atoms with van der Waals surface area (Å²) in [5.74, 6) is 0.958. The van der Waals surface area contributed by atoms with Crippen molar-refractivity contribution < 1.29 is 14.3 Å². The number of nitrogens with one attached hydrogen (secondary N) is 1. The molecule has 0 bridgehead atoms. The van der Waals surface area contributed by atoms with Gasteiger partial charge in [-0.3, -0.25) is 4.79 Å². The first-order valence-electron chi connectivity index (χ1n) is 9.32. The van der Waals surface area contributed by atoms with Crippen molar-refractivity contribution in [1.29, 1.82) is 0 Å². The van der Waals surface area contributed by atoms with Crippen LogP contribution in [-0.4, -0.2) is 31.2 Å². The predicted octanol–water partition coefficient (Wildman–Crippen LogP) is 4.66. The summed E-state index contributed by atoms with van der Waals surface area (Å²) in [5.41, 5.74) is 3.80.